The number of hydrogen-bond acceptors (Lipinski definition) is 7. The van der Waals surface area contributed by atoms with Crippen molar-refractivity contribution in [1.82, 2.24) is 14.8 Å². The topological polar surface area (TPSA) is 116 Å². The van der Waals surface area contributed by atoms with Crippen LogP contribution in [-0.2, 0) is 9.53 Å². The van der Waals surface area contributed by atoms with Crippen LogP contribution in [-0.4, -0.2) is 38.5 Å². The number of hydrogen-bond donors (Lipinski definition) is 1. The number of nitrogens with one attached hydrogen (secondary N) is 1. The Balaban J connectivity index is 1.64. The van der Waals surface area contributed by atoms with Gasteiger partial charge < -0.3 is 14.5 Å². The van der Waals surface area contributed by atoms with Gasteiger partial charge in [0.15, 0.2) is 17.5 Å². The number of rotatable bonds is 7. The molecule has 9 heteroatoms. The maximum Gasteiger partial charge on any atom is 0.339 e. The normalized spacial score (nSPS) is 12.1. The highest BCUT2D eigenvalue weighted by Crippen LogP contribution is 2.30. The van der Waals surface area contributed by atoms with Crippen molar-refractivity contribution in [2.45, 2.75) is 53.7 Å². The minimum atomic E-state index is -1.09. The van der Waals surface area contributed by atoms with Gasteiger partial charge >= 0.3 is 5.97 Å². The number of carbonyl (C=O) groups is 3. The number of Topliss-reactive ketones (excluding diaryl/α,β-unsaturated/α-hetero) is 1. The summed E-state index contributed by atoms with van der Waals surface area (Å²) in [6.45, 7) is 10.6. The van der Waals surface area contributed by atoms with Gasteiger partial charge in [0.05, 0.1) is 22.8 Å². The predicted octanol–water partition coefficient (Wildman–Crippen LogP) is 5.28. The van der Waals surface area contributed by atoms with Gasteiger partial charge in [-0.05, 0) is 65.8 Å². The summed E-state index contributed by atoms with van der Waals surface area (Å²) in [4.78, 5) is 42.4. The molecule has 0 aliphatic heterocycles. The second-order valence-corrected chi connectivity index (χ2v) is 8.98. The van der Waals surface area contributed by atoms with E-state index in [0.717, 1.165) is 11.3 Å². The van der Waals surface area contributed by atoms with E-state index in [0.29, 0.717) is 33.7 Å². The van der Waals surface area contributed by atoms with Crippen LogP contribution in [0.25, 0.3) is 22.3 Å². The number of ketones is 1. The van der Waals surface area contributed by atoms with Gasteiger partial charge in [-0.1, -0.05) is 12.1 Å². The van der Waals surface area contributed by atoms with Gasteiger partial charge in [-0.3, -0.25) is 9.59 Å². The molecule has 4 rings (SSSR count). The summed E-state index contributed by atoms with van der Waals surface area (Å²) in [6.07, 6.45) is 0.483. The zero-order chi connectivity index (χ0) is 26.1. The van der Waals surface area contributed by atoms with Crippen LogP contribution in [0.3, 0.4) is 0 Å². The largest absolute Gasteiger partial charge is 0.466 e. The molecule has 3 aromatic heterocycles. The first-order chi connectivity index (χ1) is 17.0. The molecule has 0 bridgehead atoms. The lowest BCUT2D eigenvalue weighted by Crippen LogP contribution is -2.30. The molecular formula is C27H28N4O5. The second-order valence-electron chi connectivity index (χ2n) is 8.98. The summed E-state index contributed by atoms with van der Waals surface area (Å²) in [5.74, 6) is 0.0895. The fourth-order valence-corrected chi connectivity index (χ4v) is 3.93. The average Bonchev–Trinajstić information content (AvgIpc) is 3.40. The number of nitrogens with zero attached hydrogens (tertiary/aromatic N) is 3. The molecule has 0 radical (unpaired) electrons. The Morgan fingerprint density at radius 1 is 1.08 bits per heavy atom. The fraction of sp³-hybridized carbons (Fsp3) is 0.296. The van der Waals surface area contributed by atoms with Gasteiger partial charge in [0.25, 0.3) is 5.91 Å². The molecule has 0 saturated carbocycles. The first kappa shape index (κ1) is 24.8. The molecule has 0 aliphatic carbocycles. The zero-order valence-electron chi connectivity index (χ0n) is 21.1. The lowest BCUT2D eigenvalue weighted by atomic mass is 10.1. The predicted molar refractivity (Wildman–Crippen MR) is 135 cm³/mol. The van der Waals surface area contributed by atoms with Crippen LogP contribution in [0.2, 0.25) is 0 Å². The molecule has 36 heavy (non-hydrogen) atoms. The number of anilines is 1. The number of fused-ring (bicyclic) bond motifs is 1. The van der Waals surface area contributed by atoms with E-state index in [1.165, 1.54) is 13.8 Å². The molecule has 9 nitrogen and oxygen atoms in total. The maximum absolute atomic E-state index is 13.3. The molecule has 186 valence electrons. The number of aryl methyl sites for hydroxylation is 2. The molecule has 0 aliphatic rings. The number of benzene rings is 1. The molecule has 1 N–H and O–H groups in total. The number of pyridine rings is 1. The molecule has 1 unspecified atom stereocenters. The first-order valence-electron chi connectivity index (χ1n) is 11.6. The minimum Gasteiger partial charge on any atom is -0.466 e. The summed E-state index contributed by atoms with van der Waals surface area (Å²) < 4.78 is 12.9. The smallest absolute Gasteiger partial charge is 0.339 e. The third-order valence-electron chi connectivity index (χ3n) is 5.78. The van der Waals surface area contributed by atoms with E-state index in [1.807, 2.05) is 33.8 Å². The Morgan fingerprint density at radius 2 is 1.83 bits per heavy atom. The SMILES string of the molecule is CC(=O)c1cccc(NC(=O)C(C)OC(=O)c2cc(-c3cc(C)oc3C)nc3c2cnn3C(C)C)c1. The van der Waals surface area contributed by atoms with Crippen molar-refractivity contribution in [3.05, 3.63) is 65.2 Å². The first-order valence-corrected chi connectivity index (χ1v) is 11.6. The summed E-state index contributed by atoms with van der Waals surface area (Å²) in [7, 11) is 0. The van der Waals surface area contributed by atoms with E-state index in [9.17, 15) is 14.4 Å². The van der Waals surface area contributed by atoms with Gasteiger partial charge in [0.2, 0.25) is 0 Å². The van der Waals surface area contributed by atoms with Gasteiger partial charge in [0, 0.05) is 22.9 Å². The Morgan fingerprint density at radius 3 is 2.47 bits per heavy atom. The number of carbonyl (C=O) groups excluding carboxylic acids is 3. The Hall–Kier alpha value is -4.27. The third kappa shape index (κ3) is 4.91. The van der Waals surface area contributed by atoms with Crippen molar-refractivity contribution in [3.63, 3.8) is 0 Å². The van der Waals surface area contributed by atoms with Crippen molar-refractivity contribution in [2.75, 3.05) is 5.32 Å². The molecule has 0 spiro atoms. The van der Waals surface area contributed by atoms with Gasteiger partial charge in [-0.15, -0.1) is 0 Å². The number of ether oxygens (including phenoxy) is 1. The zero-order valence-corrected chi connectivity index (χ0v) is 21.1. The molecule has 0 fully saturated rings. The molecule has 0 saturated heterocycles. The van der Waals surface area contributed by atoms with E-state index in [4.69, 9.17) is 14.1 Å². The summed E-state index contributed by atoms with van der Waals surface area (Å²) in [5.41, 5.74) is 2.99. The lowest BCUT2D eigenvalue weighted by Gasteiger charge is -2.15. The Labute approximate surface area is 208 Å². The molecule has 1 amide bonds. The van der Waals surface area contributed by atoms with Crippen molar-refractivity contribution in [2.24, 2.45) is 0 Å². The average molecular weight is 489 g/mol. The van der Waals surface area contributed by atoms with Crippen LogP contribution in [0, 0.1) is 13.8 Å². The Bertz CT molecular complexity index is 1480. The summed E-state index contributed by atoms with van der Waals surface area (Å²) in [5, 5.41) is 7.62. The summed E-state index contributed by atoms with van der Waals surface area (Å²) in [6, 6.07) is 10.1. The fourth-order valence-electron chi connectivity index (χ4n) is 3.93. The van der Waals surface area contributed by atoms with E-state index < -0.39 is 18.0 Å². The van der Waals surface area contributed by atoms with Crippen LogP contribution in [0.15, 0.2) is 47.0 Å². The number of furan rings is 1. The van der Waals surface area contributed by atoms with Crippen LogP contribution in [0.1, 0.15) is 66.0 Å². The van der Waals surface area contributed by atoms with Crippen molar-refractivity contribution in [3.8, 4) is 11.3 Å². The van der Waals surface area contributed by atoms with Crippen LogP contribution >= 0.6 is 0 Å². The highest BCUT2D eigenvalue weighted by Gasteiger charge is 2.24. The highest BCUT2D eigenvalue weighted by molar-refractivity contribution is 6.05. The number of amides is 1. The maximum atomic E-state index is 13.3. The summed E-state index contributed by atoms with van der Waals surface area (Å²) >= 11 is 0. The molecule has 4 aromatic rings. The number of esters is 1. The van der Waals surface area contributed by atoms with E-state index in [2.05, 4.69) is 10.4 Å². The Kier molecular flexibility index (Phi) is 6.74. The minimum absolute atomic E-state index is 0.0109. The van der Waals surface area contributed by atoms with Gasteiger partial charge in [-0.2, -0.15) is 5.10 Å². The lowest BCUT2D eigenvalue weighted by molar-refractivity contribution is -0.123. The van der Waals surface area contributed by atoms with Crippen LogP contribution < -0.4 is 5.32 Å². The van der Waals surface area contributed by atoms with Crippen LogP contribution in [0.5, 0.6) is 0 Å². The third-order valence-corrected chi connectivity index (χ3v) is 5.78. The molecular weight excluding hydrogens is 460 g/mol. The number of aromatic nitrogens is 3. The quantitative estimate of drug-likeness (QED) is 0.278. The van der Waals surface area contributed by atoms with Crippen molar-refractivity contribution >= 4 is 34.4 Å². The standard InChI is InChI=1S/C27H28N4O5/c1-14(2)31-25-23(13-28-31)22(12-24(30-25)21-10-15(3)35-17(21)5)27(34)36-18(6)26(33)29-20-9-7-8-19(11-20)16(4)32/h7-14,18H,1-6H3,(H,29,33). The molecule has 1 aromatic carbocycles. The van der Waals surface area contributed by atoms with E-state index >= 15 is 0 Å². The molecule has 3 heterocycles. The van der Waals surface area contributed by atoms with Gasteiger partial charge in [-0.25, -0.2) is 14.5 Å². The van der Waals surface area contributed by atoms with Crippen LogP contribution in [0.4, 0.5) is 5.69 Å². The van der Waals surface area contributed by atoms with E-state index in [1.54, 1.807) is 41.2 Å². The van der Waals surface area contributed by atoms with Crippen molar-refractivity contribution < 1.29 is 23.5 Å². The monoisotopic (exact) mass is 488 g/mol. The van der Waals surface area contributed by atoms with Crippen molar-refractivity contribution in [1.29, 1.82) is 0 Å². The van der Waals surface area contributed by atoms with E-state index in [-0.39, 0.29) is 17.4 Å². The second kappa shape index (κ2) is 9.77. The molecule has 1 atom stereocenters. The van der Waals surface area contributed by atoms with Gasteiger partial charge in [0.1, 0.15) is 11.5 Å². The highest BCUT2D eigenvalue weighted by atomic mass is 16.5.